The van der Waals surface area contributed by atoms with Gasteiger partial charge in [-0.3, -0.25) is 4.79 Å². The molecule has 0 bridgehead atoms. The van der Waals surface area contributed by atoms with Gasteiger partial charge in [0.25, 0.3) is 5.91 Å². The number of aromatic hydroxyl groups is 1. The topological polar surface area (TPSA) is 49.3 Å². The summed E-state index contributed by atoms with van der Waals surface area (Å²) in [6.45, 7) is 4.89. The van der Waals surface area contributed by atoms with E-state index in [-0.39, 0.29) is 11.7 Å². The van der Waals surface area contributed by atoms with E-state index in [9.17, 15) is 9.90 Å². The minimum atomic E-state index is -0.0277. The second-order valence-corrected chi connectivity index (χ2v) is 6.00. The Labute approximate surface area is 121 Å². The smallest absolute Gasteiger partial charge is 0.251 e. The summed E-state index contributed by atoms with van der Waals surface area (Å²) < 4.78 is 0. The number of benzene rings is 1. The third-order valence-electron chi connectivity index (χ3n) is 4.55. The van der Waals surface area contributed by atoms with Gasteiger partial charge in [-0.2, -0.15) is 0 Å². The van der Waals surface area contributed by atoms with Crippen molar-refractivity contribution in [2.45, 2.75) is 46.0 Å². The van der Waals surface area contributed by atoms with Crippen LogP contribution in [-0.2, 0) is 0 Å². The number of hydrogen-bond acceptors (Lipinski definition) is 2. The number of phenolic OH excluding ortho intramolecular Hbond substituents is 1. The quantitative estimate of drug-likeness (QED) is 0.881. The third-order valence-corrected chi connectivity index (χ3v) is 4.55. The van der Waals surface area contributed by atoms with Gasteiger partial charge in [-0.05, 0) is 55.4 Å². The van der Waals surface area contributed by atoms with Crippen LogP contribution in [0.2, 0.25) is 0 Å². The molecule has 0 aromatic heterocycles. The number of hydrogen-bond donors (Lipinski definition) is 2. The summed E-state index contributed by atoms with van der Waals surface area (Å²) in [5, 5.41) is 12.4. The minimum absolute atomic E-state index is 0.0277. The molecule has 0 radical (unpaired) electrons. The summed E-state index contributed by atoms with van der Waals surface area (Å²) in [6.07, 6.45) is 6.34. The fourth-order valence-corrected chi connectivity index (χ4v) is 3.08. The molecule has 3 heteroatoms. The zero-order valence-electron chi connectivity index (χ0n) is 12.5. The molecular formula is C17H25NO2. The Morgan fingerprint density at radius 1 is 1.25 bits per heavy atom. The van der Waals surface area contributed by atoms with Crippen LogP contribution in [0.1, 0.15) is 54.9 Å². The van der Waals surface area contributed by atoms with Crippen LogP contribution in [0.4, 0.5) is 0 Å². The molecule has 1 aromatic rings. The largest absolute Gasteiger partial charge is 0.508 e. The van der Waals surface area contributed by atoms with Crippen molar-refractivity contribution < 1.29 is 9.90 Å². The molecule has 2 rings (SSSR count). The van der Waals surface area contributed by atoms with E-state index in [4.69, 9.17) is 0 Å². The van der Waals surface area contributed by atoms with Crippen LogP contribution in [0.5, 0.6) is 5.75 Å². The molecule has 0 heterocycles. The van der Waals surface area contributed by atoms with E-state index < -0.39 is 0 Å². The lowest BCUT2D eigenvalue weighted by atomic mass is 9.81. The predicted molar refractivity (Wildman–Crippen MR) is 80.9 cm³/mol. The number of carbonyl (C=O) groups excluding carboxylic acids is 1. The molecule has 0 saturated heterocycles. The maximum atomic E-state index is 12.1. The van der Waals surface area contributed by atoms with Crippen LogP contribution < -0.4 is 5.32 Å². The first-order chi connectivity index (χ1) is 9.60. The van der Waals surface area contributed by atoms with Crippen LogP contribution in [0.25, 0.3) is 0 Å². The van der Waals surface area contributed by atoms with Gasteiger partial charge in [-0.15, -0.1) is 0 Å². The fourth-order valence-electron chi connectivity index (χ4n) is 3.08. The normalized spacial score (nSPS) is 22.5. The third kappa shape index (κ3) is 3.75. The van der Waals surface area contributed by atoms with Crippen LogP contribution in [0, 0.1) is 18.8 Å². The van der Waals surface area contributed by atoms with Crippen molar-refractivity contribution in [2.75, 3.05) is 6.54 Å². The summed E-state index contributed by atoms with van der Waals surface area (Å²) in [6, 6.07) is 4.88. The molecule has 1 saturated carbocycles. The van der Waals surface area contributed by atoms with Gasteiger partial charge in [0.1, 0.15) is 5.75 Å². The SMILES string of the molecule is CCC1CCC(CNC(=O)c2ccc(O)cc2C)CC1. The molecule has 110 valence electrons. The number of amides is 1. The Balaban J connectivity index is 1.83. The lowest BCUT2D eigenvalue weighted by Crippen LogP contribution is -2.31. The van der Waals surface area contributed by atoms with Gasteiger partial charge >= 0.3 is 0 Å². The van der Waals surface area contributed by atoms with Gasteiger partial charge in [0.15, 0.2) is 0 Å². The van der Waals surface area contributed by atoms with Crippen molar-refractivity contribution in [1.29, 1.82) is 0 Å². The highest BCUT2D eigenvalue weighted by Crippen LogP contribution is 2.30. The van der Waals surface area contributed by atoms with E-state index in [1.807, 2.05) is 6.92 Å². The molecule has 2 N–H and O–H groups in total. The summed E-state index contributed by atoms with van der Waals surface area (Å²) in [7, 11) is 0. The van der Waals surface area contributed by atoms with E-state index in [0.29, 0.717) is 11.5 Å². The zero-order valence-corrected chi connectivity index (χ0v) is 12.5. The molecule has 1 aliphatic carbocycles. The molecule has 1 aromatic carbocycles. The number of rotatable bonds is 4. The Bertz CT molecular complexity index is 462. The van der Waals surface area contributed by atoms with Gasteiger partial charge in [-0.25, -0.2) is 0 Å². The molecule has 3 nitrogen and oxygen atoms in total. The van der Waals surface area contributed by atoms with E-state index in [1.165, 1.54) is 32.1 Å². The number of aryl methyl sites for hydroxylation is 1. The van der Waals surface area contributed by atoms with Crippen LogP contribution >= 0.6 is 0 Å². The maximum absolute atomic E-state index is 12.1. The first kappa shape index (κ1) is 14.9. The predicted octanol–water partition coefficient (Wildman–Crippen LogP) is 3.65. The lowest BCUT2D eigenvalue weighted by molar-refractivity contribution is 0.0940. The molecule has 0 aliphatic heterocycles. The average Bonchev–Trinajstić information content (AvgIpc) is 2.45. The van der Waals surface area contributed by atoms with E-state index in [1.54, 1.807) is 18.2 Å². The highest BCUT2D eigenvalue weighted by atomic mass is 16.3. The van der Waals surface area contributed by atoms with E-state index in [2.05, 4.69) is 12.2 Å². The molecule has 0 spiro atoms. The maximum Gasteiger partial charge on any atom is 0.251 e. The van der Waals surface area contributed by atoms with Crippen molar-refractivity contribution in [3.05, 3.63) is 29.3 Å². The molecular weight excluding hydrogens is 250 g/mol. The number of nitrogens with one attached hydrogen (secondary N) is 1. The van der Waals surface area contributed by atoms with Gasteiger partial charge in [-0.1, -0.05) is 26.2 Å². The molecule has 1 amide bonds. The van der Waals surface area contributed by atoms with E-state index >= 15 is 0 Å². The molecule has 0 unspecified atom stereocenters. The Hall–Kier alpha value is -1.51. The zero-order chi connectivity index (χ0) is 14.5. The second-order valence-electron chi connectivity index (χ2n) is 6.00. The van der Waals surface area contributed by atoms with Gasteiger partial charge in [0, 0.05) is 12.1 Å². The molecule has 20 heavy (non-hydrogen) atoms. The lowest BCUT2D eigenvalue weighted by Gasteiger charge is -2.27. The van der Waals surface area contributed by atoms with Crippen LogP contribution in [-0.4, -0.2) is 17.6 Å². The molecule has 1 aliphatic rings. The van der Waals surface area contributed by atoms with E-state index in [0.717, 1.165) is 18.0 Å². The Kier molecular flexibility index (Phi) is 5.05. The highest BCUT2D eigenvalue weighted by molar-refractivity contribution is 5.95. The minimum Gasteiger partial charge on any atom is -0.508 e. The first-order valence-corrected chi connectivity index (χ1v) is 7.68. The highest BCUT2D eigenvalue weighted by Gasteiger charge is 2.20. The number of phenols is 1. The molecule has 1 fully saturated rings. The van der Waals surface area contributed by atoms with Crippen LogP contribution in [0.3, 0.4) is 0 Å². The average molecular weight is 275 g/mol. The van der Waals surface area contributed by atoms with Crippen molar-refractivity contribution in [3.63, 3.8) is 0 Å². The van der Waals surface area contributed by atoms with Gasteiger partial charge in [0.2, 0.25) is 0 Å². The van der Waals surface area contributed by atoms with Crippen molar-refractivity contribution in [1.82, 2.24) is 5.32 Å². The van der Waals surface area contributed by atoms with Crippen molar-refractivity contribution in [2.24, 2.45) is 11.8 Å². The summed E-state index contributed by atoms with van der Waals surface area (Å²) in [5.74, 6) is 1.69. The summed E-state index contributed by atoms with van der Waals surface area (Å²) in [4.78, 5) is 12.1. The summed E-state index contributed by atoms with van der Waals surface area (Å²) >= 11 is 0. The van der Waals surface area contributed by atoms with Crippen molar-refractivity contribution in [3.8, 4) is 5.75 Å². The Morgan fingerprint density at radius 3 is 2.50 bits per heavy atom. The molecule has 0 atom stereocenters. The fraction of sp³-hybridized carbons (Fsp3) is 0.588. The number of carbonyl (C=O) groups is 1. The Morgan fingerprint density at radius 2 is 1.90 bits per heavy atom. The van der Waals surface area contributed by atoms with Gasteiger partial charge < -0.3 is 10.4 Å². The van der Waals surface area contributed by atoms with Crippen LogP contribution in [0.15, 0.2) is 18.2 Å². The second kappa shape index (κ2) is 6.78. The van der Waals surface area contributed by atoms with Gasteiger partial charge in [0.05, 0.1) is 0 Å². The standard InChI is InChI=1S/C17H25NO2/c1-3-13-4-6-14(7-5-13)11-18-17(20)16-9-8-15(19)10-12(16)2/h8-10,13-14,19H,3-7,11H2,1-2H3,(H,18,20). The first-order valence-electron chi connectivity index (χ1n) is 7.68. The monoisotopic (exact) mass is 275 g/mol. The summed E-state index contributed by atoms with van der Waals surface area (Å²) in [5.41, 5.74) is 1.47. The van der Waals surface area contributed by atoms with Crippen molar-refractivity contribution >= 4 is 5.91 Å².